The first kappa shape index (κ1) is 23.2. The minimum absolute atomic E-state index is 0.0426. The van der Waals surface area contributed by atoms with Crippen LogP contribution in [0.5, 0.6) is 0 Å². The maximum Gasteiger partial charge on any atom is 0.236 e. The third-order valence-electron chi connectivity index (χ3n) is 6.72. The van der Waals surface area contributed by atoms with Crippen LogP contribution in [0, 0.1) is 17.2 Å². The van der Waals surface area contributed by atoms with Crippen molar-refractivity contribution in [2.45, 2.75) is 32.6 Å². The third-order valence-corrected chi connectivity index (χ3v) is 7.89. The molecule has 3 heterocycles. The number of ether oxygens (including phenoxy) is 1. The van der Waals surface area contributed by atoms with Gasteiger partial charge in [-0.25, -0.2) is 0 Å². The first-order valence-corrected chi connectivity index (χ1v) is 12.5. The standard InChI is InChI=1S/C23H33N5O3S/c1-17-2-3-18-19(15-24)23(32-20(18)14-17)25-21(29)4-5-26-6-8-28(9-7-26)22(30)16-27-10-12-31-13-11-27/h17H,2-14,16H2,1H3,(H,25,29). The molecule has 1 aromatic rings. The summed E-state index contributed by atoms with van der Waals surface area (Å²) in [5.74, 6) is 0.777. The van der Waals surface area contributed by atoms with E-state index in [1.165, 1.54) is 4.88 Å². The molecule has 2 fully saturated rings. The van der Waals surface area contributed by atoms with E-state index in [-0.39, 0.29) is 11.8 Å². The number of thiophene rings is 1. The molecule has 1 unspecified atom stereocenters. The minimum atomic E-state index is -0.0426. The average molecular weight is 460 g/mol. The van der Waals surface area contributed by atoms with Gasteiger partial charge < -0.3 is 15.0 Å². The van der Waals surface area contributed by atoms with E-state index in [4.69, 9.17) is 4.74 Å². The molecule has 32 heavy (non-hydrogen) atoms. The number of carbonyl (C=O) groups is 2. The van der Waals surface area contributed by atoms with Crippen LogP contribution in [0.2, 0.25) is 0 Å². The molecule has 1 atom stereocenters. The molecule has 2 amide bonds. The SMILES string of the molecule is CC1CCc2c(sc(NC(=O)CCN3CCN(C(=O)CN4CCOCC4)CC3)c2C#N)C1. The summed E-state index contributed by atoms with van der Waals surface area (Å²) in [6.07, 6.45) is 3.43. The van der Waals surface area contributed by atoms with Gasteiger partial charge in [-0.05, 0) is 30.7 Å². The maximum atomic E-state index is 12.6. The first-order chi connectivity index (χ1) is 15.5. The van der Waals surface area contributed by atoms with Crippen LogP contribution in [0.25, 0.3) is 0 Å². The van der Waals surface area contributed by atoms with Crippen molar-refractivity contribution < 1.29 is 14.3 Å². The number of hydrogen-bond acceptors (Lipinski definition) is 7. The van der Waals surface area contributed by atoms with Gasteiger partial charge in [0.1, 0.15) is 11.1 Å². The van der Waals surface area contributed by atoms with E-state index in [0.717, 1.165) is 56.0 Å². The van der Waals surface area contributed by atoms with Crippen LogP contribution in [-0.4, -0.2) is 92.1 Å². The van der Waals surface area contributed by atoms with Crippen LogP contribution in [0.1, 0.15) is 35.8 Å². The molecule has 2 aliphatic heterocycles. The number of nitrogens with zero attached hydrogens (tertiary/aromatic N) is 4. The monoisotopic (exact) mass is 459 g/mol. The summed E-state index contributed by atoms with van der Waals surface area (Å²) in [7, 11) is 0. The molecule has 1 aromatic heterocycles. The summed E-state index contributed by atoms with van der Waals surface area (Å²) < 4.78 is 5.34. The molecule has 0 bridgehead atoms. The van der Waals surface area contributed by atoms with Crippen molar-refractivity contribution in [2.24, 2.45) is 5.92 Å². The van der Waals surface area contributed by atoms with Crippen LogP contribution >= 0.6 is 11.3 Å². The van der Waals surface area contributed by atoms with Gasteiger partial charge in [-0.2, -0.15) is 5.26 Å². The number of carbonyl (C=O) groups excluding carboxylic acids is 2. The highest BCUT2D eigenvalue weighted by Crippen LogP contribution is 2.39. The predicted octanol–water partition coefficient (Wildman–Crippen LogP) is 1.55. The zero-order chi connectivity index (χ0) is 22.5. The Hall–Kier alpha value is -1.99. The second-order valence-corrected chi connectivity index (χ2v) is 10.2. The second kappa shape index (κ2) is 10.8. The van der Waals surface area contributed by atoms with E-state index in [1.807, 2.05) is 4.90 Å². The van der Waals surface area contributed by atoms with Crippen molar-refractivity contribution >= 4 is 28.2 Å². The fourth-order valence-electron chi connectivity index (χ4n) is 4.68. The molecular weight excluding hydrogens is 426 g/mol. The number of rotatable bonds is 6. The summed E-state index contributed by atoms with van der Waals surface area (Å²) >= 11 is 1.57. The number of nitrogens with one attached hydrogen (secondary N) is 1. The summed E-state index contributed by atoms with van der Waals surface area (Å²) in [5.41, 5.74) is 1.81. The lowest BCUT2D eigenvalue weighted by atomic mass is 9.89. The number of anilines is 1. The Balaban J connectivity index is 1.20. The van der Waals surface area contributed by atoms with Gasteiger partial charge in [0.15, 0.2) is 0 Å². The van der Waals surface area contributed by atoms with Gasteiger partial charge in [-0.15, -0.1) is 11.3 Å². The van der Waals surface area contributed by atoms with E-state index in [9.17, 15) is 14.9 Å². The summed E-state index contributed by atoms with van der Waals surface area (Å²) in [6.45, 7) is 9.41. The highest BCUT2D eigenvalue weighted by Gasteiger charge is 2.26. The van der Waals surface area contributed by atoms with Crippen molar-refractivity contribution in [3.8, 4) is 6.07 Å². The van der Waals surface area contributed by atoms with Gasteiger partial charge in [-0.1, -0.05) is 6.92 Å². The number of nitriles is 1. The van der Waals surface area contributed by atoms with Crippen LogP contribution in [0.3, 0.4) is 0 Å². The van der Waals surface area contributed by atoms with Crippen molar-refractivity contribution in [2.75, 3.05) is 70.9 Å². The summed E-state index contributed by atoms with van der Waals surface area (Å²) in [6, 6.07) is 2.31. The van der Waals surface area contributed by atoms with Gasteiger partial charge in [0.25, 0.3) is 0 Å². The average Bonchev–Trinajstić information content (AvgIpc) is 3.14. The van der Waals surface area contributed by atoms with E-state index in [0.29, 0.717) is 57.3 Å². The number of fused-ring (bicyclic) bond motifs is 1. The highest BCUT2D eigenvalue weighted by atomic mass is 32.1. The smallest absolute Gasteiger partial charge is 0.236 e. The summed E-state index contributed by atoms with van der Waals surface area (Å²) in [5, 5.41) is 13.3. The lowest BCUT2D eigenvalue weighted by Gasteiger charge is -2.36. The van der Waals surface area contributed by atoms with Crippen molar-refractivity contribution in [3.05, 3.63) is 16.0 Å². The van der Waals surface area contributed by atoms with Gasteiger partial charge in [0.05, 0.1) is 25.3 Å². The zero-order valence-corrected chi connectivity index (χ0v) is 19.7. The molecule has 174 valence electrons. The third kappa shape index (κ3) is 5.67. The van der Waals surface area contributed by atoms with Crippen LogP contribution in [-0.2, 0) is 27.2 Å². The van der Waals surface area contributed by atoms with Crippen molar-refractivity contribution in [1.82, 2.24) is 14.7 Å². The molecule has 9 heteroatoms. The van der Waals surface area contributed by atoms with E-state index >= 15 is 0 Å². The van der Waals surface area contributed by atoms with Gasteiger partial charge in [0.2, 0.25) is 11.8 Å². The maximum absolute atomic E-state index is 12.6. The Morgan fingerprint density at radius 3 is 2.62 bits per heavy atom. The Bertz CT molecular complexity index is 866. The Morgan fingerprint density at radius 2 is 1.91 bits per heavy atom. The summed E-state index contributed by atoms with van der Waals surface area (Å²) in [4.78, 5) is 32.7. The topological polar surface area (TPSA) is 88.9 Å². The van der Waals surface area contributed by atoms with Gasteiger partial charge >= 0.3 is 0 Å². The molecule has 0 aromatic carbocycles. The number of morpholine rings is 1. The molecular formula is C23H33N5O3S. The van der Waals surface area contributed by atoms with Gasteiger partial charge in [-0.3, -0.25) is 19.4 Å². The minimum Gasteiger partial charge on any atom is -0.379 e. The lowest BCUT2D eigenvalue weighted by Crippen LogP contribution is -2.52. The molecule has 1 N–H and O–H groups in total. The molecule has 4 rings (SSSR count). The van der Waals surface area contributed by atoms with Crippen molar-refractivity contribution in [3.63, 3.8) is 0 Å². The largest absolute Gasteiger partial charge is 0.379 e. The molecule has 3 aliphatic rings. The number of piperazine rings is 1. The second-order valence-electron chi connectivity index (χ2n) is 9.08. The Morgan fingerprint density at radius 1 is 1.16 bits per heavy atom. The number of hydrogen-bond donors (Lipinski definition) is 1. The quantitative estimate of drug-likeness (QED) is 0.694. The van der Waals surface area contributed by atoms with Crippen LogP contribution in [0.15, 0.2) is 0 Å². The Kier molecular flexibility index (Phi) is 7.79. The van der Waals surface area contributed by atoms with E-state index < -0.39 is 0 Å². The van der Waals surface area contributed by atoms with Gasteiger partial charge in [0, 0.05) is 57.1 Å². The zero-order valence-electron chi connectivity index (χ0n) is 18.9. The highest BCUT2D eigenvalue weighted by molar-refractivity contribution is 7.16. The molecule has 8 nitrogen and oxygen atoms in total. The van der Waals surface area contributed by atoms with E-state index in [1.54, 1.807) is 11.3 Å². The molecule has 0 spiro atoms. The van der Waals surface area contributed by atoms with Crippen LogP contribution < -0.4 is 5.32 Å². The fourth-order valence-corrected chi connectivity index (χ4v) is 6.05. The Labute approximate surface area is 194 Å². The van der Waals surface area contributed by atoms with Crippen molar-refractivity contribution in [1.29, 1.82) is 5.26 Å². The fraction of sp³-hybridized carbons (Fsp3) is 0.696. The molecule has 0 radical (unpaired) electrons. The normalized spacial score (nSPS) is 22.2. The number of amides is 2. The van der Waals surface area contributed by atoms with E-state index in [2.05, 4.69) is 28.1 Å². The lowest BCUT2D eigenvalue weighted by molar-refractivity contribution is -0.135. The predicted molar refractivity (Wildman–Crippen MR) is 124 cm³/mol. The van der Waals surface area contributed by atoms with Crippen LogP contribution in [0.4, 0.5) is 5.00 Å². The molecule has 0 saturated carbocycles. The molecule has 2 saturated heterocycles. The molecule has 1 aliphatic carbocycles. The first-order valence-electron chi connectivity index (χ1n) is 11.7.